The number of aromatic nitrogens is 1. The molecular formula is C15H14FN3S. The van der Waals surface area contributed by atoms with Gasteiger partial charge < -0.3 is 0 Å². The summed E-state index contributed by atoms with van der Waals surface area (Å²) >= 11 is 1.61. The van der Waals surface area contributed by atoms with Crippen LogP contribution in [0.5, 0.6) is 0 Å². The lowest BCUT2D eigenvalue weighted by Gasteiger charge is -2.18. The molecule has 0 bridgehead atoms. The Balaban J connectivity index is 2.10. The maximum absolute atomic E-state index is 14.0. The predicted molar refractivity (Wildman–Crippen MR) is 79.9 cm³/mol. The fraction of sp³-hybridized carbons (Fsp3) is 0.133. The van der Waals surface area contributed by atoms with E-state index in [0.29, 0.717) is 5.56 Å². The van der Waals surface area contributed by atoms with Crippen LogP contribution in [-0.4, -0.2) is 4.98 Å². The SMILES string of the molecule is Cc1ccc(F)c(C(NN)c2cnc3ccsc3c2)c1. The summed E-state index contributed by atoms with van der Waals surface area (Å²) in [7, 11) is 0. The number of nitrogens with two attached hydrogens (primary N) is 1. The van der Waals surface area contributed by atoms with Crippen molar-refractivity contribution in [3.8, 4) is 0 Å². The zero-order valence-corrected chi connectivity index (χ0v) is 11.7. The third-order valence-corrected chi connectivity index (χ3v) is 4.14. The molecule has 20 heavy (non-hydrogen) atoms. The Labute approximate surface area is 120 Å². The van der Waals surface area contributed by atoms with Crippen LogP contribution < -0.4 is 11.3 Å². The maximum Gasteiger partial charge on any atom is 0.128 e. The van der Waals surface area contributed by atoms with E-state index >= 15 is 0 Å². The van der Waals surface area contributed by atoms with Gasteiger partial charge in [0, 0.05) is 11.8 Å². The second-order valence-corrected chi connectivity index (χ2v) is 5.64. The molecule has 0 fully saturated rings. The molecule has 0 saturated carbocycles. The van der Waals surface area contributed by atoms with Gasteiger partial charge in [-0.25, -0.2) is 9.82 Å². The second kappa shape index (κ2) is 5.28. The van der Waals surface area contributed by atoms with E-state index in [1.54, 1.807) is 29.7 Å². The van der Waals surface area contributed by atoms with Gasteiger partial charge in [0.25, 0.3) is 0 Å². The summed E-state index contributed by atoms with van der Waals surface area (Å²) in [5.41, 5.74) is 6.01. The molecule has 0 amide bonds. The number of benzene rings is 1. The number of pyridine rings is 1. The van der Waals surface area contributed by atoms with Crippen molar-refractivity contribution in [2.45, 2.75) is 13.0 Å². The van der Waals surface area contributed by atoms with Gasteiger partial charge in [-0.3, -0.25) is 10.8 Å². The van der Waals surface area contributed by atoms with Gasteiger partial charge in [0.2, 0.25) is 0 Å². The van der Waals surface area contributed by atoms with Crippen molar-refractivity contribution in [3.63, 3.8) is 0 Å². The first-order chi connectivity index (χ1) is 9.69. The summed E-state index contributed by atoms with van der Waals surface area (Å²) in [6.45, 7) is 1.93. The lowest BCUT2D eigenvalue weighted by Crippen LogP contribution is -2.29. The fourth-order valence-corrected chi connectivity index (χ4v) is 3.06. The van der Waals surface area contributed by atoms with E-state index in [1.165, 1.54) is 6.07 Å². The average molecular weight is 287 g/mol. The minimum Gasteiger partial charge on any atom is -0.271 e. The van der Waals surface area contributed by atoms with E-state index in [-0.39, 0.29) is 5.82 Å². The monoisotopic (exact) mass is 287 g/mol. The van der Waals surface area contributed by atoms with Gasteiger partial charge in [0.05, 0.1) is 16.3 Å². The van der Waals surface area contributed by atoms with E-state index in [9.17, 15) is 4.39 Å². The Hall–Kier alpha value is -1.82. The van der Waals surface area contributed by atoms with E-state index in [4.69, 9.17) is 5.84 Å². The minimum absolute atomic E-state index is 0.273. The number of rotatable bonds is 3. The topological polar surface area (TPSA) is 50.9 Å². The predicted octanol–water partition coefficient (Wildman–Crippen LogP) is 3.30. The van der Waals surface area contributed by atoms with E-state index < -0.39 is 6.04 Å². The van der Waals surface area contributed by atoms with E-state index in [0.717, 1.165) is 21.3 Å². The summed E-state index contributed by atoms with van der Waals surface area (Å²) in [5, 5.41) is 1.99. The fourth-order valence-electron chi connectivity index (χ4n) is 2.27. The van der Waals surface area contributed by atoms with Crippen LogP contribution in [0.15, 0.2) is 41.9 Å². The molecule has 0 aliphatic heterocycles. The number of fused-ring (bicyclic) bond motifs is 1. The van der Waals surface area contributed by atoms with Crippen LogP contribution in [0.25, 0.3) is 10.2 Å². The molecule has 0 aliphatic carbocycles. The summed E-state index contributed by atoms with van der Waals surface area (Å²) in [5.74, 6) is 5.36. The standard InChI is InChI=1S/C15H14FN3S/c1-9-2-3-12(16)11(6-9)15(19-17)10-7-14-13(18-8-10)4-5-20-14/h2-8,15,19H,17H2,1H3. The van der Waals surface area contributed by atoms with Gasteiger partial charge in [-0.1, -0.05) is 17.7 Å². The number of halogens is 1. The first-order valence-corrected chi connectivity index (χ1v) is 7.12. The molecule has 3 nitrogen and oxygen atoms in total. The molecule has 0 aliphatic rings. The quantitative estimate of drug-likeness (QED) is 0.574. The van der Waals surface area contributed by atoms with Crippen molar-refractivity contribution >= 4 is 21.6 Å². The first kappa shape index (κ1) is 13.2. The van der Waals surface area contributed by atoms with Crippen molar-refractivity contribution < 1.29 is 4.39 Å². The minimum atomic E-state index is -0.408. The first-order valence-electron chi connectivity index (χ1n) is 6.24. The van der Waals surface area contributed by atoms with E-state index in [2.05, 4.69) is 10.4 Å². The largest absolute Gasteiger partial charge is 0.271 e. The molecule has 1 unspecified atom stereocenters. The number of thiophene rings is 1. The molecular weight excluding hydrogens is 273 g/mol. The highest BCUT2D eigenvalue weighted by atomic mass is 32.1. The van der Waals surface area contributed by atoms with Gasteiger partial charge in [0.15, 0.2) is 0 Å². The van der Waals surface area contributed by atoms with Gasteiger partial charge in [-0.05, 0) is 36.1 Å². The maximum atomic E-state index is 14.0. The van der Waals surface area contributed by atoms with Crippen molar-refractivity contribution in [2.24, 2.45) is 5.84 Å². The molecule has 3 rings (SSSR count). The van der Waals surface area contributed by atoms with Crippen LogP contribution in [0.1, 0.15) is 22.7 Å². The third kappa shape index (κ3) is 2.31. The zero-order valence-electron chi connectivity index (χ0n) is 10.9. The molecule has 0 saturated heterocycles. The van der Waals surface area contributed by atoms with Crippen LogP contribution in [-0.2, 0) is 0 Å². The molecule has 3 N–H and O–H groups in total. The van der Waals surface area contributed by atoms with Crippen LogP contribution in [0, 0.1) is 12.7 Å². The molecule has 0 spiro atoms. The lowest BCUT2D eigenvalue weighted by atomic mass is 9.98. The summed E-state index contributed by atoms with van der Waals surface area (Å²) in [4.78, 5) is 4.38. The number of hydrazine groups is 1. The Morgan fingerprint density at radius 1 is 1.30 bits per heavy atom. The number of nitrogens with zero attached hydrogens (tertiary/aromatic N) is 1. The molecule has 3 aromatic rings. The average Bonchev–Trinajstić information content (AvgIpc) is 2.91. The highest BCUT2D eigenvalue weighted by Gasteiger charge is 2.17. The lowest BCUT2D eigenvalue weighted by molar-refractivity contribution is 0.559. The van der Waals surface area contributed by atoms with Crippen LogP contribution in [0.4, 0.5) is 4.39 Å². The number of hydrogen-bond acceptors (Lipinski definition) is 4. The second-order valence-electron chi connectivity index (χ2n) is 4.70. The summed E-state index contributed by atoms with van der Waals surface area (Å²) < 4.78 is 15.1. The Morgan fingerprint density at radius 2 is 2.15 bits per heavy atom. The smallest absolute Gasteiger partial charge is 0.128 e. The van der Waals surface area contributed by atoms with Crippen LogP contribution in [0.3, 0.4) is 0 Å². The van der Waals surface area contributed by atoms with Crippen LogP contribution >= 0.6 is 11.3 Å². The Morgan fingerprint density at radius 3 is 2.95 bits per heavy atom. The summed E-state index contributed by atoms with van der Waals surface area (Å²) in [6.07, 6.45) is 1.74. The van der Waals surface area contributed by atoms with Gasteiger partial charge in [-0.2, -0.15) is 0 Å². The number of nitrogens with one attached hydrogen (secondary N) is 1. The molecule has 2 heterocycles. The molecule has 2 aromatic heterocycles. The number of hydrogen-bond donors (Lipinski definition) is 2. The van der Waals surface area contributed by atoms with E-state index in [1.807, 2.05) is 24.4 Å². The number of aryl methyl sites for hydroxylation is 1. The normalized spacial score (nSPS) is 12.8. The molecule has 5 heteroatoms. The zero-order chi connectivity index (χ0) is 14.1. The van der Waals surface area contributed by atoms with Gasteiger partial charge in [-0.15, -0.1) is 11.3 Å². The van der Waals surface area contributed by atoms with Gasteiger partial charge >= 0.3 is 0 Å². The van der Waals surface area contributed by atoms with Crippen molar-refractivity contribution in [1.82, 2.24) is 10.4 Å². The highest BCUT2D eigenvalue weighted by Crippen LogP contribution is 2.28. The Bertz CT molecular complexity index is 754. The van der Waals surface area contributed by atoms with Crippen LogP contribution in [0.2, 0.25) is 0 Å². The third-order valence-electron chi connectivity index (χ3n) is 3.29. The van der Waals surface area contributed by atoms with Crippen molar-refractivity contribution in [2.75, 3.05) is 0 Å². The van der Waals surface area contributed by atoms with Crippen molar-refractivity contribution in [3.05, 3.63) is 64.4 Å². The Kier molecular flexibility index (Phi) is 3.48. The highest BCUT2D eigenvalue weighted by molar-refractivity contribution is 7.17. The molecule has 1 aromatic carbocycles. The molecule has 1 atom stereocenters. The van der Waals surface area contributed by atoms with Crippen molar-refractivity contribution in [1.29, 1.82) is 0 Å². The summed E-state index contributed by atoms with van der Waals surface area (Å²) in [6, 6.07) is 8.56. The molecule has 0 radical (unpaired) electrons. The van der Waals surface area contributed by atoms with Gasteiger partial charge in [0.1, 0.15) is 5.82 Å². The molecule has 102 valence electrons.